The van der Waals surface area contributed by atoms with Crippen molar-refractivity contribution in [2.24, 2.45) is 18.9 Å². The molecule has 0 bridgehead atoms. The number of aliphatic carboxylic acids is 1. The normalized spacial score (nSPS) is 21.6. The van der Waals surface area contributed by atoms with Crippen molar-refractivity contribution in [1.82, 2.24) is 14.5 Å². The molecular formula is C16H19N3O4. The molecule has 0 spiro atoms. The van der Waals surface area contributed by atoms with Crippen LogP contribution >= 0.6 is 0 Å². The summed E-state index contributed by atoms with van der Waals surface area (Å²) in [4.78, 5) is 39.9. The standard InChI is InChI=1S/C16H19N3O4/c1-9-5-11(15(21)22)8-19(7-9)14(20)10-3-4-12-13(6-10)18(2)16(23)17-12/h3-4,6,9,11H,5,7-8H2,1-2H3,(H,17,23)(H,21,22). The van der Waals surface area contributed by atoms with Gasteiger partial charge in [0.2, 0.25) is 0 Å². The molecule has 1 saturated heterocycles. The molecule has 0 aliphatic carbocycles. The molecule has 2 N–H and O–H groups in total. The second kappa shape index (κ2) is 5.57. The van der Waals surface area contributed by atoms with Gasteiger partial charge in [-0.3, -0.25) is 14.2 Å². The molecule has 3 rings (SSSR count). The van der Waals surface area contributed by atoms with E-state index in [2.05, 4.69) is 4.98 Å². The molecule has 1 aliphatic heterocycles. The van der Waals surface area contributed by atoms with Gasteiger partial charge in [0.15, 0.2) is 0 Å². The van der Waals surface area contributed by atoms with E-state index in [-0.39, 0.29) is 24.1 Å². The van der Waals surface area contributed by atoms with Crippen LogP contribution in [0.25, 0.3) is 11.0 Å². The van der Waals surface area contributed by atoms with Crippen LogP contribution in [0.2, 0.25) is 0 Å². The number of carboxylic acids is 1. The van der Waals surface area contributed by atoms with E-state index < -0.39 is 11.9 Å². The second-order valence-corrected chi connectivity index (χ2v) is 6.31. The molecule has 7 nitrogen and oxygen atoms in total. The molecule has 7 heteroatoms. The first-order valence-electron chi connectivity index (χ1n) is 7.57. The van der Waals surface area contributed by atoms with E-state index in [1.54, 1.807) is 30.1 Å². The maximum Gasteiger partial charge on any atom is 0.326 e. The molecule has 2 unspecified atom stereocenters. The van der Waals surface area contributed by atoms with Crippen molar-refractivity contribution in [2.75, 3.05) is 13.1 Å². The molecular weight excluding hydrogens is 298 g/mol. The van der Waals surface area contributed by atoms with Gasteiger partial charge in [-0.1, -0.05) is 6.92 Å². The van der Waals surface area contributed by atoms with Crippen LogP contribution in [0.5, 0.6) is 0 Å². The summed E-state index contributed by atoms with van der Waals surface area (Å²) >= 11 is 0. The maximum atomic E-state index is 12.7. The minimum Gasteiger partial charge on any atom is -0.481 e. The number of rotatable bonds is 2. The summed E-state index contributed by atoms with van der Waals surface area (Å²) in [6.45, 7) is 2.73. The monoisotopic (exact) mass is 317 g/mol. The molecule has 1 amide bonds. The van der Waals surface area contributed by atoms with Gasteiger partial charge in [-0.05, 0) is 30.5 Å². The number of aromatic nitrogens is 2. The third-order valence-electron chi connectivity index (χ3n) is 4.45. The predicted octanol–water partition coefficient (Wildman–Crippen LogP) is 1.05. The highest BCUT2D eigenvalue weighted by atomic mass is 16.4. The van der Waals surface area contributed by atoms with Crippen molar-refractivity contribution in [3.63, 3.8) is 0 Å². The number of nitrogens with zero attached hydrogens (tertiary/aromatic N) is 2. The molecule has 0 saturated carbocycles. The average Bonchev–Trinajstić information content (AvgIpc) is 2.80. The Kier molecular flexibility index (Phi) is 3.71. The SMILES string of the molecule is CC1CC(C(=O)O)CN(C(=O)c2ccc3[nH]c(=O)n(C)c3c2)C1. The van der Waals surface area contributed by atoms with Crippen molar-refractivity contribution in [3.05, 3.63) is 34.2 Å². The quantitative estimate of drug-likeness (QED) is 0.865. The lowest BCUT2D eigenvalue weighted by atomic mass is 9.90. The summed E-state index contributed by atoms with van der Waals surface area (Å²) in [5.74, 6) is -1.44. The summed E-state index contributed by atoms with van der Waals surface area (Å²) < 4.78 is 1.45. The largest absolute Gasteiger partial charge is 0.481 e. The number of carbonyl (C=O) groups excluding carboxylic acids is 1. The van der Waals surface area contributed by atoms with E-state index in [1.807, 2.05) is 6.92 Å². The number of hydrogen-bond donors (Lipinski definition) is 2. The van der Waals surface area contributed by atoms with Crippen LogP contribution in [0, 0.1) is 11.8 Å². The number of carboxylic acid groups (broad SMARTS) is 1. The number of carbonyl (C=O) groups is 2. The molecule has 23 heavy (non-hydrogen) atoms. The van der Waals surface area contributed by atoms with Crippen molar-refractivity contribution < 1.29 is 14.7 Å². The molecule has 2 aromatic rings. The number of fused-ring (bicyclic) bond motifs is 1. The van der Waals surface area contributed by atoms with Crippen LogP contribution in [-0.2, 0) is 11.8 Å². The Hall–Kier alpha value is -2.57. The Morgan fingerprint density at radius 2 is 2.04 bits per heavy atom. The fourth-order valence-corrected chi connectivity index (χ4v) is 3.24. The second-order valence-electron chi connectivity index (χ2n) is 6.31. The first-order chi connectivity index (χ1) is 10.9. The zero-order chi connectivity index (χ0) is 16.7. The van der Waals surface area contributed by atoms with E-state index >= 15 is 0 Å². The molecule has 2 atom stereocenters. The summed E-state index contributed by atoms with van der Waals surface area (Å²) in [6, 6.07) is 5.03. The average molecular weight is 317 g/mol. The van der Waals surface area contributed by atoms with Crippen molar-refractivity contribution in [2.45, 2.75) is 13.3 Å². The van der Waals surface area contributed by atoms with Gasteiger partial charge in [-0.2, -0.15) is 0 Å². The molecule has 0 radical (unpaired) electrons. The molecule has 2 heterocycles. The van der Waals surface area contributed by atoms with Crippen LogP contribution in [-0.4, -0.2) is 44.5 Å². The smallest absolute Gasteiger partial charge is 0.326 e. The molecule has 122 valence electrons. The Morgan fingerprint density at radius 1 is 1.30 bits per heavy atom. The highest BCUT2D eigenvalue weighted by Crippen LogP contribution is 2.24. The van der Waals surface area contributed by atoms with Gasteiger partial charge in [0, 0.05) is 25.7 Å². The number of piperidine rings is 1. The van der Waals surface area contributed by atoms with E-state index in [0.29, 0.717) is 29.6 Å². The van der Waals surface area contributed by atoms with Crippen molar-refractivity contribution >= 4 is 22.9 Å². The zero-order valence-corrected chi connectivity index (χ0v) is 13.1. The zero-order valence-electron chi connectivity index (χ0n) is 13.1. The molecule has 1 aliphatic rings. The van der Waals surface area contributed by atoms with Gasteiger partial charge in [-0.15, -0.1) is 0 Å². The van der Waals surface area contributed by atoms with E-state index in [0.717, 1.165) is 0 Å². The maximum absolute atomic E-state index is 12.7. The van der Waals surface area contributed by atoms with Gasteiger partial charge in [-0.25, -0.2) is 4.79 Å². The van der Waals surface area contributed by atoms with Gasteiger partial charge in [0.1, 0.15) is 0 Å². The third-order valence-corrected chi connectivity index (χ3v) is 4.45. The first-order valence-corrected chi connectivity index (χ1v) is 7.57. The summed E-state index contributed by atoms with van der Waals surface area (Å²) in [5.41, 5.74) is 1.55. The predicted molar refractivity (Wildman–Crippen MR) is 84.4 cm³/mol. The molecule has 1 fully saturated rings. The number of nitrogens with one attached hydrogen (secondary N) is 1. The van der Waals surface area contributed by atoms with E-state index in [4.69, 9.17) is 0 Å². The van der Waals surface area contributed by atoms with Gasteiger partial charge in [0.25, 0.3) is 5.91 Å². The van der Waals surface area contributed by atoms with Crippen LogP contribution < -0.4 is 5.69 Å². The Labute approximate surface area is 132 Å². The van der Waals surface area contributed by atoms with Crippen LogP contribution in [0.1, 0.15) is 23.7 Å². The van der Waals surface area contributed by atoms with Crippen LogP contribution in [0.15, 0.2) is 23.0 Å². The van der Waals surface area contributed by atoms with E-state index in [1.165, 1.54) is 4.57 Å². The number of hydrogen-bond acceptors (Lipinski definition) is 3. The number of H-pyrrole nitrogens is 1. The van der Waals surface area contributed by atoms with Crippen LogP contribution in [0.3, 0.4) is 0 Å². The Bertz CT molecular complexity index is 835. The fraction of sp³-hybridized carbons (Fsp3) is 0.438. The molecule has 1 aromatic carbocycles. The highest BCUT2D eigenvalue weighted by molar-refractivity contribution is 5.97. The minimum absolute atomic E-state index is 0.147. The van der Waals surface area contributed by atoms with Crippen LogP contribution in [0.4, 0.5) is 0 Å². The van der Waals surface area contributed by atoms with Gasteiger partial charge < -0.3 is 15.0 Å². The van der Waals surface area contributed by atoms with Gasteiger partial charge >= 0.3 is 11.7 Å². The Morgan fingerprint density at radius 3 is 2.74 bits per heavy atom. The minimum atomic E-state index is -0.863. The number of benzene rings is 1. The number of imidazole rings is 1. The Balaban J connectivity index is 1.91. The lowest BCUT2D eigenvalue weighted by Gasteiger charge is -2.34. The highest BCUT2D eigenvalue weighted by Gasteiger charge is 2.32. The number of aryl methyl sites for hydroxylation is 1. The number of likely N-dealkylation sites (tertiary alicyclic amines) is 1. The lowest BCUT2D eigenvalue weighted by Crippen LogP contribution is -2.45. The lowest BCUT2D eigenvalue weighted by molar-refractivity contribution is -0.143. The fourth-order valence-electron chi connectivity index (χ4n) is 3.24. The van der Waals surface area contributed by atoms with E-state index in [9.17, 15) is 19.5 Å². The van der Waals surface area contributed by atoms with Gasteiger partial charge in [0.05, 0.1) is 17.0 Å². The van der Waals surface area contributed by atoms with Crippen molar-refractivity contribution in [1.29, 1.82) is 0 Å². The van der Waals surface area contributed by atoms with Crippen molar-refractivity contribution in [3.8, 4) is 0 Å². The topological polar surface area (TPSA) is 95.4 Å². The molecule has 1 aromatic heterocycles. The summed E-state index contributed by atoms with van der Waals surface area (Å²) in [7, 11) is 1.64. The summed E-state index contributed by atoms with van der Waals surface area (Å²) in [5, 5.41) is 9.23. The number of amides is 1. The summed E-state index contributed by atoms with van der Waals surface area (Å²) in [6.07, 6.45) is 0.588. The number of aromatic amines is 1. The third kappa shape index (κ3) is 2.74. The first kappa shape index (κ1) is 15.3.